The van der Waals surface area contributed by atoms with Crippen LogP contribution in [0.5, 0.6) is 0 Å². The number of hydrogen-bond acceptors (Lipinski definition) is 4. The highest BCUT2D eigenvalue weighted by atomic mass is 32.2. The Balaban J connectivity index is 0.000000557. The van der Waals surface area contributed by atoms with E-state index in [4.69, 9.17) is 15.6 Å². The van der Waals surface area contributed by atoms with Crippen LogP contribution >= 0.6 is 0 Å². The van der Waals surface area contributed by atoms with Crippen LogP contribution in [0.2, 0.25) is 0 Å². The van der Waals surface area contributed by atoms with Crippen molar-refractivity contribution in [3.05, 3.63) is 24.0 Å². The number of rotatable bonds is 2. The SMILES string of the molecule is CCS(=O)(=O)c1cccc(N)c1F.NC(=O)O. The van der Waals surface area contributed by atoms with Crippen molar-refractivity contribution in [2.75, 3.05) is 11.5 Å². The fraction of sp³-hybridized carbons (Fsp3) is 0.222. The van der Waals surface area contributed by atoms with Crippen LogP contribution in [0.15, 0.2) is 23.1 Å². The normalized spacial score (nSPS) is 10.2. The number of amides is 1. The van der Waals surface area contributed by atoms with Crippen LogP contribution in [-0.2, 0) is 9.84 Å². The molecule has 0 bridgehead atoms. The van der Waals surface area contributed by atoms with Crippen molar-refractivity contribution in [3.8, 4) is 0 Å². The van der Waals surface area contributed by atoms with E-state index in [0.29, 0.717) is 0 Å². The molecule has 0 aliphatic carbocycles. The Morgan fingerprint density at radius 2 is 1.94 bits per heavy atom. The van der Waals surface area contributed by atoms with Gasteiger partial charge in [0.2, 0.25) is 0 Å². The Labute approximate surface area is 98.0 Å². The highest BCUT2D eigenvalue weighted by Crippen LogP contribution is 2.20. The van der Waals surface area contributed by atoms with Gasteiger partial charge in [0, 0.05) is 0 Å². The van der Waals surface area contributed by atoms with E-state index in [-0.39, 0.29) is 16.3 Å². The van der Waals surface area contributed by atoms with Gasteiger partial charge in [-0.1, -0.05) is 13.0 Å². The number of carbonyl (C=O) groups is 1. The maximum absolute atomic E-state index is 13.2. The standard InChI is InChI=1S/C8H10FNO2S.CH3NO2/c1-2-13(11,12)7-5-3-4-6(10)8(7)9;2-1(3)4/h3-5H,2,10H2,1H3;2H2,(H,3,4). The molecule has 8 heteroatoms. The minimum Gasteiger partial charge on any atom is -0.465 e. The van der Waals surface area contributed by atoms with E-state index >= 15 is 0 Å². The summed E-state index contributed by atoms with van der Waals surface area (Å²) in [4.78, 5) is 8.45. The molecule has 0 aromatic heterocycles. The number of anilines is 1. The van der Waals surface area contributed by atoms with Crippen molar-refractivity contribution in [2.45, 2.75) is 11.8 Å². The Morgan fingerprint density at radius 3 is 2.35 bits per heavy atom. The average molecular weight is 264 g/mol. The number of hydrogen-bond donors (Lipinski definition) is 3. The van der Waals surface area contributed by atoms with E-state index < -0.39 is 21.7 Å². The van der Waals surface area contributed by atoms with Gasteiger partial charge in [0.25, 0.3) is 0 Å². The number of benzene rings is 1. The molecule has 1 amide bonds. The van der Waals surface area contributed by atoms with E-state index in [1.807, 2.05) is 0 Å². The van der Waals surface area contributed by atoms with Gasteiger partial charge < -0.3 is 16.6 Å². The first kappa shape index (κ1) is 15.2. The average Bonchev–Trinajstić information content (AvgIpc) is 2.21. The maximum Gasteiger partial charge on any atom is 0.402 e. The van der Waals surface area contributed by atoms with Crippen molar-refractivity contribution in [1.29, 1.82) is 0 Å². The first-order valence-electron chi connectivity index (χ1n) is 4.47. The number of sulfone groups is 1. The quantitative estimate of drug-likeness (QED) is 0.682. The van der Waals surface area contributed by atoms with Gasteiger partial charge in [-0.3, -0.25) is 0 Å². The minimum atomic E-state index is -3.51. The van der Waals surface area contributed by atoms with E-state index in [2.05, 4.69) is 5.73 Å². The van der Waals surface area contributed by atoms with E-state index in [1.54, 1.807) is 0 Å². The van der Waals surface area contributed by atoms with Gasteiger partial charge in [0.05, 0.1) is 11.4 Å². The van der Waals surface area contributed by atoms with Gasteiger partial charge in [-0.2, -0.15) is 0 Å². The molecule has 1 aromatic rings. The second-order valence-corrected chi connectivity index (χ2v) is 5.15. The first-order valence-corrected chi connectivity index (χ1v) is 6.12. The summed E-state index contributed by atoms with van der Waals surface area (Å²) >= 11 is 0. The van der Waals surface area contributed by atoms with Crippen LogP contribution in [0.4, 0.5) is 14.9 Å². The molecule has 5 N–H and O–H groups in total. The Bertz CT molecular complexity index is 498. The molecule has 0 saturated heterocycles. The number of carboxylic acid groups (broad SMARTS) is 1. The third-order valence-electron chi connectivity index (χ3n) is 1.71. The lowest BCUT2D eigenvalue weighted by atomic mass is 10.3. The Kier molecular flexibility index (Phi) is 5.39. The molecule has 1 aromatic carbocycles. The summed E-state index contributed by atoms with van der Waals surface area (Å²) in [5, 5.41) is 7.19. The Morgan fingerprint density at radius 1 is 1.47 bits per heavy atom. The monoisotopic (exact) mass is 264 g/mol. The fourth-order valence-electron chi connectivity index (χ4n) is 0.923. The van der Waals surface area contributed by atoms with Crippen molar-refractivity contribution in [2.24, 2.45) is 5.73 Å². The molecule has 6 nitrogen and oxygen atoms in total. The molecule has 0 fully saturated rings. The molecule has 0 spiro atoms. The third-order valence-corrected chi connectivity index (χ3v) is 3.45. The van der Waals surface area contributed by atoms with Crippen LogP contribution in [0.25, 0.3) is 0 Å². The minimum absolute atomic E-state index is 0.132. The van der Waals surface area contributed by atoms with Crippen molar-refractivity contribution in [1.82, 2.24) is 0 Å². The van der Waals surface area contributed by atoms with Crippen LogP contribution in [-0.4, -0.2) is 25.4 Å². The van der Waals surface area contributed by atoms with Gasteiger partial charge in [-0.25, -0.2) is 17.6 Å². The molecular weight excluding hydrogens is 251 g/mol. The zero-order chi connectivity index (χ0) is 13.6. The van der Waals surface area contributed by atoms with E-state index in [0.717, 1.165) is 0 Å². The van der Waals surface area contributed by atoms with Crippen molar-refractivity contribution >= 4 is 21.6 Å². The maximum atomic E-state index is 13.2. The lowest BCUT2D eigenvalue weighted by molar-refractivity contribution is 0.205. The molecule has 0 saturated carbocycles. The first-order chi connectivity index (χ1) is 7.72. The highest BCUT2D eigenvalue weighted by Gasteiger charge is 2.17. The summed E-state index contributed by atoms with van der Waals surface area (Å²) in [6.45, 7) is 1.46. The molecule has 0 radical (unpaired) electrons. The number of nitrogens with two attached hydrogens (primary N) is 2. The van der Waals surface area contributed by atoms with Crippen LogP contribution < -0.4 is 11.5 Å². The Hall–Kier alpha value is -1.83. The summed E-state index contributed by atoms with van der Waals surface area (Å²) in [5.41, 5.74) is 9.12. The number of nitrogen functional groups attached to an aromatic ring is 1. The van der Waals surface area contributed by atoms with Crippen molar-refractivity contribution < 1.29 is 22.7 Å². The van der Waals surface area contributed by atoms with Crippen LogP contribution in [0.1, 0.15) is 6.92 Å². The van der Waals surface area contributed by atoms with Gasteiger partial charge in [0.1, 0.15) is 4.90 Å². The predicted molar refractivity (Wildman–Crippen MR) is 60.8 cm³/mol. The smallest absolute Gasteiger partial charge is 0.402 e. The molecule has 96 valence electrons. The highest BCUT2D eigenvalue weighted by molar-refractivity contribution is 7.91. The van der Waals surface area contributed by atoms with Crippen LogP contribution in [0.3, 0.4) is 0 Å². The van der Waals surface area contributed by atoms with E-state index in [1.165, 1.54) is 25.1 Å². The fourth-order valence-corrected chi connectivity index (χ4v) is 1.91. The summed E-state index contributed by atoms with van der Waals surface area (Å²) in [5.74, 6) is -0.989. The topological polar surface area (TPSA) is 123 Å². The molecule has 1 rings (SSSR count). The van der Waals surface area contributed by atoms with Gasteiger partial charge in [-0.05, 0) is 12.1 Å². The third kappa shape index (κ3) is 4.68. The molecule has 0 atom stereocenters. The largest absolute Gasteiger partial charge is 0.465 e. The lowest BCUT2D eigenvalue weighted by Crippen LogP contribution is -2.07. The number of halogens is 1. The second-order valence-electron chi connectivity index (χ2n) is 2.90. The zero-order valence-corrected chi connectivity index (χ0v) is 9.87. The molecule has 0 unspecified atom stereocenters. The van der Waals surface area contributed by atoms with Crippen LogP contribution in [0, 0.1) is 5.82 Å². The van der Waals surface area contributed by atoms with Gasteiger partial charge >= 0.3 is 6.09 Å². The number of primary amides is 1. The summed E-state index contributed by atoms with van der Waals surface area (Å²) in [6, 6.07) is 3.95. The van der Waals surface area contributed by atoms with Gasteiger partial charge in [0.15, 0.2) is 15.7 Å². The molecule has 0 aliphatic heterocycles. The zero-order valence-electron chi connectivity index (χ0n) is 9.05. The summed E-state index contributed by atoms with van der Waals surface area (Å²) in [6.07, 6.45) is -1.33. The molecule has 0 aliphatic rings. The predicted octanol–water partition coefficient (Wildman–Crippen LogP) is 0.825. The van der Waals surface area contributed by atoms with Gasteiger partial charge in [-0.15, -0.1) is 0 Å². The second kappa shape index (κ2) is 6.04. The summed E-state index contributed by atoms with van der Waals surface area (Å²) < 4.78 is 35.7. The summed E-state index contributed by atoms with van der Waals surface area (Å²) in [7, 11) is -3.51. The molecular formula is C9H13FN2O4S. The molecule has 0 heterocycles. The molecule has 17 heavy (non-hydrogen) atoms. The lowest BCUT2D eigenvalue weighted by Gasteiger charge is -2.04. The van der Waals surface area contributed by atoms with E-state index in [9.17, 15) is 12.8 Å². The van der Waals surface area contributed by atoms with Crippen molar-refractivity contribution in [3.63, 3.8) is 0 Å².